The number of methoxy groups -OCH3 is 1. The summed E-state index contributed by atoms with van der Waals surface area (Å²) in [4.78, 5) is 12.7. The van der Waals surface area contributed by atoms with Crippen LogP contribution in [0.1, 0.15) is 36.9 Å². The number of ether oxygens (including phenoxy) is 1. The van der Waals surface area contributed by atoms with E-state index in [1.54, 1.807) is 7.11 Å². The molecule has 2 aromatic rings. The van der Waals surface area contributed by atoms with Gasteiger partial charge in [-0.25, -0.2) is 12.7 Å². The van der Waals surface area contributed by atoms with Gasteiger partial charge in [0.15, 0.2) is 0 Å². The molecule has 2 aromatic carbocycles. The van der Waals surface area contributed by atoms with Crippen molar-refractivity contribution in [3.8, 4) is 5.75 Å². The minimum Gasteiger partial charge on any atom is -0.496 e. The number of hydrogen-bond acceptors (Lipinski definition) is 4. The molecule has 7 heteroatoms. The van der Waals surface area contributed by atoms with Crippen LogP contribution in [0.15, 0.2) is 54.6 Å². The molecule has 0 saturated carbocycles. The van der Waals surface area contributed by atoms with Gasteiger partial charge in [-0.15, -0.1) is 0 Å². The molecule has 1 saturated heterocycles. The van der Waals surface area contributed by atoms with E-state index in [-0.39, 0.29) is 23.6 Å². The Labute approximate surface area is 172 Å². The fraction of sp³-hybridized carbons (Fsp3) is 0.409. The molecule has 0 radical (unpaired) electrons. The molecule has 0 aromatic heterocycles. The first-order valence-electron chi connectivity index (χ1n) is 9.85. The van der Waals surface area contributed by atoms with Crippen molar-refractivity contribution in [2.75, 3.05) is 20.2 Å². The number of carbonyl (C=O) groups is 1. The zero-order valence-electron chi connectivity index (χ0n) is 16.9. The summed E-state index contributed by atoms with van der Waals surface area (Å²) in [5.74, 6) is 0.510. The number of amides is 1. The third kappa shape index (κ3) is 5.36. The Morgan fingerprint density at radius 1 is 1.10 bits per heavy atom. The van der Waals surface area contributed by atoms with Gasteiger partial charge in [0, 0.05) is 24.6 Å². The highest BCUT2D eigenvalue weighted by molar-refractivity contribution is 7.88. The Morgan fingerprint density at radius 3 is 2.38 bits per heavy atom. The number of nitrogens with zero attached hydrogens (tertiary/aromatic N) is 1. The summed E-state index contributed by atoms with van der Waals surface area (Å²) >= 11 is 0. The normalized spacial score (nSPS) is 16.9. The monoisotopic (exact) mass is 416 g/mol. The number of piperidine rings is 1. The summed E-state index contributed by atoms with van der Waals surface area (Å²) in [5, 5.41) is 3.05. The maximum absolute atomic E-state index is 12.7. The van der Waals surface area contributed by atoms with Gasteiger partial charge in [-0.05, 0) is 31.4 Å². The molecule has 1 atom stereocenters. The molecule has 1 N–H and O–H groups in total. The van der Waals surface area contributed by atoms with Crippen molar-refractivity contribution in [2.45, 2.75) is 31.6 Å². The highest BCUT2D eigenvalue weighted by Crippen LogP contribution is 2.26. The Hall–Kier alpha value is -2.38. The Kier molecular flexibility index (Phi) is 6.92. The van der Waals surface area contributed by atoms with Crippen molar-refractivity contribution < 1.29 is 17.9 Å². The Morgan fingerprint density at radius 2 is 1.72 bits per heavy atom. The number of benzene rings is 2. The first kappa shape index (κ1) is 21.3. The van der Waals surface area contributed by atoms with Crippen LogP contribution in [-0.2, 0) is 20.6 Å². The maximum Gasteiger partial charge on any atom is 0.223 e. The van der Waals surface area contributed by atoms with E-state index in [9.17, 15) is 13.2 Å². The van der Waals surface area contributed by atoms with Gasteiger partial charge >= 0.3 is 0 Å². The molecule has 156 valence electrons. The summed E-state index contributed by atoms with van der Waals surface area (Å²) < 4.78 is 32.2. The predicted octanol–water partition coefficient (Wildman–Crippen LogP) is 3.11. The zero-order chi connectivity index (χ0) is 20.9. The van der Waals surface area contributed by atoms with Crippen molar-refractivity contribution >= 4 is 15.9 Å². The van der Waals surface area contributed by atoms with Crippen LogP contribution in [-0.4, -0.2) is 38.8 Å². The lowest BCUT2D eigenvalue weighted by Gasteiger charge is -2.31. The molecule has 1 fully saturated rings. The van der Waals surface area contributed by atoms with Gasteiger partial charge < -0.3 is 10.1 Å². The lowest BCUT2D eigenvalue weighted by molar-refractivity contribution is -0.126. The molecular weight excluding hydrogens is 388 g/mol. The second kappa shape index (κ2) is 9.41. The van der Waals surface area contributed by atoms with Crippen LogP contribution in [0, 0.1) is 5.92 Å². The summed E-state index contributed by atoms with van der Waals surface area (Å²) in [5.41, 5.74) is 1.70. The van der Waals surface area contributed by atoms with Gasteiger partial charge in [0.25, 0.3) is 0 Å². The average Bonchev–Trinajstić information content (AvgIpc) is 2.74. The summed E-state index contributed by atoms with van der Waals surface area (Å²) in [6.45, 7) is 2.67. The van der Waals surface area contributed by atoms with Crippen molar-refractivity contribution in [1.29, 1.82) is 0 Å². The minimum atomic E-state index is -3.38. The van der Waals surface area contributed by atoms with Crippen LogP contribution < -0.4 is 10.1 Å². The van der Waals surface area contributed by atoms with Gasteiger partial charge in [0.2, 0.25) is 15.9 Å². The molecule has 1 amide bonds. The second-order valence-corrected chi connectivity index (χ2v) is 9.36. The number of nitrogens with one attached hydrogen (secondary N) is 1. The molecule has 1 heterocycles. The Bertz CT molecular complexity index is 923. The standard InChI is InChI=1S/C22H28N2O4S/c1-17(20-10-6-7-11-21(20)28-2)23-22(25)19-12-14-24(15-13-19)29(26,27)16-18-8-4-3-5-9-18/h3-11,17,19H,12-16H2,1-2H3,(H,23,25). The van der Waals surface area contributed by atoms with Gasteiger partial charge in [-0.1, -0.05) is 48.5 Å². The van der Waals surface area contributed by atoms with Crippen LogP contribution in [0.3, 0.4) is 0 Å². The summed E-state index contributed by atoms with van der Waals surface area (Å²) in [6.07, 6.45) is 1.05. The van der Waals surface area contributed by atoms with Crippen LogP contribution in [0.25, 0.3) is 0 Å². The van der Waals surface area contributed by atoms with Crippen molar-refractivity contribution in [3.63, 3.8) is 0 Å². The van der Waals surface area contributed by atoms with Crippen LogP contribution >= 0.6 is 0 Å². The highest BCUT2D eigenvalue weighted by atomic mass is 32.2. The molecular formula is C22H28N2O4S. The second-order valence-electron chi connectivity index (χ2n) is 7.39. The third-order valence-corrected chi connectivity index (χ3v) is 7.22. The quantitative estimate of drug-likeness (QED) is 0.753. The highest BCUT2D eigenvalue weighted by Gasteiger charge is 2.31. The predicted molar refractivity (Wildman–Crippen MR) is 113 cm³/mol. The first-order valence-corrected chi connectivity index (χ1v) is 11.5. The van der Waals surface area contributed by atoms with E-state index >= 15 is 0 Å². The van der Waals surface area contributed by atoms with E-state index in [1.165, 1.54) is 4.31 Å². The van der Waals surface area contributed by atoms with E-state index in [2.05, 4.69) is 5.32 Å². The van der Waals surface area contributed by atoms with Crippen molar-refractivity contribution in [2.24, 2.45) is 5.92 Å². The molecule has 1 aliphatic rings. The SMILES string of the molecule is COc1ccccc1C(C)NC(=O)C1CCN(S(=O)(=O)Cc2ccccc2)CC1. The lowest BCUT2D eigenvalue weighted by Crippen LogP contribution is -2.43. The third-order valence-electron chi connectivity index (χ3n) is 5.37. The van der Waals surface area contributed by atoms with Gasteiger partial charge in [0.05, 0.1) is 18.9 Å². The fourth-order valence-corrected chi connectivity index (χ4v) is 5.27. The molecule has 0 bridgehead atoms. The smallest absolute Gasteiger partial charge is 0.223 e. The number of carbonyl (C=O) groups excluding carboxylic acids is 1. The number of hydrogen-bond donors (Lipinski definition) is 1. The van der Waals surface area contributed by atoms with E-state index in [4.69, 9.17) is 4.74 Å². The number of rotatable bonds is 7. The lowest BCUT2D eigenvalue weighted by atomic mass is 9.96. The summed E-state index contributed by atoms with van der Waals surface area (Å²) in [7, 11) is -1.77. The largest absolute Gasteiger partial charge is 0.496 e. The van der Waals surface area contributed by atoms with Gasteiger partial charge in [-0.2, -0.15) is 0 Å². The molecule has 6 nitrogen and oxygen atoms in total. The summed E-state index contributed by atoms with van der Waals surface area (Å²) in [6, 6.07) is 16.6. The number of para-hydroxylation sites is 1. The fourth-order valence-electron chi connectivity index (χ4n) is 3.71. The molecule has 0 aliphatic carbocycles. The maximum atomic E-state index is 12.7. The topological polar surface area (TPSA) is 75.7 Å². The van der Waals surface area contributed by atoms with E-state index in [1.807, 2.05) is 61.5 Å². The molecule has 3 rings (SSSR count). The van der Waals surface area contributed by atoms with Crippen molar-refractivity contribution in [1.82, 2.24) is 9.62 Å². The first-order chi connectivity index (χ1) is 13.9. The van der Waals surface area contributed by atoms with Crippen LogP contribution in [0.2, 0.25) is 0 Å². The molecule has 0 spiro atoms. The average molecular weight is 417 g/mol. The van der Waals surface area contributed by atoms with E-state index in [0.29, 0.717) is 25.9 Å². The molecule has 1 aliphatic heterocycles. The Balaban J connectivity index is 1.55. The molecule has 1 unspecified atom stereocenters. The van der Waals surface area contributed by atoms with Crippen molar-refractivity contribution in [3.05, 3.63) is 65.7 Å². The number of sulfonamides is 1. The van der Waals surface area contributed by atoms with Crippen LogP contribution in [0.5, 0.6) is 5.75 Å². The zero-order valence-corrected chi connectivity index (χ0v) is 17.7. The minimum absolute atomic E-state index is 0.00443. The van der Waals surface area contributed by atoms with Crippen LogP contribution in [0.4, 0.5) is 0 Å². The van der Waals surface area contributed by atoms with E-state index < -0.39 is 10.0 Å². The van der Waals surface area contributed by atoms with Gasteiger partial charge in [0.1, 0.15) is 5.75 Å². The molecule has 29 heavy (non-hydrogen) atoms. The van der Waals surface area contributed by atoms with E-state index in [0.717, 1.165) is 16.9 Å². The van der Waals surface area contributed by atoms with Gasteiger partial charge in [-0.3, -0.25) is 4.79 Å².